The molecule has 0 aliphatic carbocycles. The maximum atomic E-state index is 12.5. The van der Waals surface area contributed by atoms with E-state index in [0.717, 1.165) is 16.5 Å². The van der Waals surface area contributed by atoms with E-state index in [2.05, 4.69) is 29.8 Å². The molecule has 0 saturated heterocycles. The molecule has 0 aromatic heterocycles. The lowest BCUT2D eigenvalue weighted by molar-refractivity contribution is 0.461. The minimum absolute atomic E-state index is 0.148. The van der Waals surface area contributed by atoms with E-state index >= 15 is 0 Å². The Morgan fingerprint density at radius 3 is 2.33 bits per heavy atom. The molecule has 0 amide bonds. The maximum Gasteiger partial charge on any atom is 0.178 e. The number of benzene rings is 1. The standard InChI is InChI=1S/C14H21BrO2S/c1-10(2)13(8-15)9-18(16,17)14-7-11(3)5-6-12(14)4/h5-7,10,13H,8-9H2,1-4H3. The van der Waals surface area contributed by atoms with Crippen molar-refractivity contribution in [1.29, 1.82) is 0 Å². The second-order valence-electron chi connectivity index (χ2n) is 5.21. The van der Waals surface area contributed by atoms with Gasteiger partial charge in [0.1, 0.15) is 0 Å². The van der Waals surface area contributed by atoms with E-state index in [1.807, 2.05) is 26.0 Å². The van der Waals surface area contributed by atoms with Crippen LogP contribution in [-0.4, -0.2) is 19.5 Å². The molecule has 0 saturated carbocycles. The topological polar surface area (TPSA) is 34.1 Å². The fraction of sp³-hybridized carbons (Fsp3) is 0.571. The molecule has 0 bridgehead atoms. The Bertz CT molecular complexity index is 507. The molecule has 102 valence electrons. The maximum absolute atomic E-state index is 12.5. The van der Waals surface area contributed by atoms with Crippen molar-refractivity contribution in [2.45, 2.75) is 32.6 Å². The molecule has 4 heteroatoms. The fourth-order valence-corrected chi connectivity index (χ4v) is 5.28. The van der Waals surface area contributed by atoms with E-state index < -0.39 is 9.84 Å². The van der Waals surface area contributed by atoms with Gasteiger partial charge in [-0.3, -0.25) is 0 Å². The third kappa shape index (κ3) is 3.82. The molecule has 0 heterocycles. The fourth-order valence-electron chi connectivity index (χ4n) is 1.83. The Morgan fingerprint density at radius 1 is 1.22 bits per heavy atom. The van der Waals surface area contributed by atoms with Gasteiger partial charge in [0, 0.05) is 5.33 Å². The average Bonchev–Trinajstić information content (AvgIpc) is 2.28. The number of hydrogen-bond acceptors (Lipinski definition) is 2. The lowest BCUT2D eigenvalue weighted by atomic mass is 10.0. The van der Waals surface area contributed by atoms with Gasteiger partial charge in [0.2, 0.25) is 0 Å². The molecule has 1 unspecified atom stereocenters. The van der Waals surface area contributed by atoms with E-state index in [9.17, 15) is 8.42 Å². The Hall–Kier alpha value is -0.350. The molecule has 0 spiro atoms. The molecule has 18 heavy (non-hydrogen) atoms. The summed E-state index contributed by atoms with van der Waals surface area (Å²) in [5, 5.41) is 0.717. The first kappa shape index (κ1) is 15.7. The van der Waals surface area contributed by atoms with Crippen LogP contribution in [0.5, 0.6) is 0 Å². The first-order valence-electron chi connectivity index (χ1n) is 6.14. The normalized spacial score (nSPS) is 13.9. The molecule has 2 nitrogen and oxygen atoms in total. The second-order valence-corrected chi connectivity index (χ2v) is 7.86. The highest BCUT2D eigenvalue weighted by molar-refractivity contribution is 9.09. The number of halogens is 1. The zero-order chi connectivity index (χ0) is 13.9. The van der Waals surface area contributed by atoms with E-state index in [-0.39, 0.29) is 11.7 Å². The van der Waals surface area contributed by atoms with Crippen LogP contribution in [0.15, 0.2) is 23.1 Å². The molecule has 1 aromatic rings. The molecule has 0 fully saturated rings. The van der Waals surface area contributed by atoms with Crippen LogP contribution in [0, 0.1) is 25.7 Å². The summed E-state index contributed by atoms with van der Waals surface area (Å²) >= 11 is 3.41. The highest BCUT2D eigenvalue weighted by Gasteiger charge is 2.24. The number of rotatable bonds is 5. The number of aryl methyl sites for hydroxylation is 2. The van der Waals surface area contributed by atoms with Gasteiger partial charge in [-0.25, -0.2) is 8.42 Å². The predicted molar refractivity (Wildman–Crippen MR) is 80.1 cm³/mol. The van der Waals surface area contributed by atoms with Crippen molar-refractivity contribution < 1.29 is 8.42 Å². The molecule has 1 aromatic carbocycles. The quantitative estimate of drug-likeness (QED) is 0.769. The summed E-state index contributed by atoms with van der Waals surface area (Å²) in [6, 6.07) is 5.59. The summed E-state index contributed by atoms with van der Waals surface area (Å²) in [7, 11) is -3.20. The van der Waals surface area contributed by atoms with Gasteiger partial charge in [-0.05, 0) is 42.9 Å². The van der Waals surface area contributed by atoms with Gasteiger partial charge >= 0.3 is 0 Å². The average molecular weight is 333 g/mol. The van der Waals surface area contributed by atoms with Crippen LogP contribution in [0.25, 0.3) is 0 Å². The van der Waals surface area contributed by atoms with Gasteiger partial charge in [-0.2, -0.15) is 0 Å². The SMILES string of the molecule is Cc1ccc(C)c(S(=O)(=O)CC(CBr)C(C)C)c1. The highest BCUT2D eigenvalue weighted by Crippen LogP contribution is 2.23. The van der Waals surface area contributed by atoms with Crippen LogP contribution < -0.4 is 0 Å². The van der Waals surface area contributed by atoms with Crippen molar-refractivity contribution >= 4 is 25.8 Å². The van der Waals surface area contributed by atoms with Crippen molar-refractivity contribution in [2.75, 3.05) is 11.1 Å². The van der Waals surface area contributed by atoms with Crippen LogP contribution in [0.3, 0.4) is 0 Å². The third-order valence-electron chi connectivity index (χ3n) is 3.25. The highest BCUT2D eigenvalue weighted by atomic mass is 79.9. The number of alkyl halides is 1. The number of sulfone groups is 1. The van der Waals surface area contributed by atoms with Gasteiger partial charge in [0.25, 0.3) is 0 Å². The van der Waals surface area contributed by atoms with Crippen molar-refractivity contribution in [1.82, 2.24) is 0 Å². The van der Waals surface area contributed by atoms with Crippen LogP contribution in [0.1, 0.15) is 25.0 Å². The van der Waals surface area contributed by atoms with E-state index in [1.165, 1.54) is 0 Å². The van der Waals surface area contributed by atoms with Crippen molar-refractivity contribution in [3.63, 3.8) is 0 Å². The zero-order valence-corrected chi connectivity index (χ0v) is 13.8. The zero-order valence-electron chi connectivity index (χ0n) is 11.4. The Balaban J connectivity index is 3.10. The molecule has 1 atom stereocenters. The van der Waals surface area contributed by atoms with E-state index in [4.69, 9.17) is 0 Å². The second kappa shape index (κ2) is 6.20. The summed E-state index contributed by atoms with van der Waals surface area (Å²) in [6.45, 7) is 7.89. The van der Waals surface area contributed by atoms with E-state index in [1.54, 1.807) is 6.07 Å². The van der Waals surface area contributed by atoms with Gasteiger partial charge in [-0.15, -0.1) is 0 Å². The minimum atomic E-state index is -3.20. The summed E-state index contributed by atoms with van der Waals surface area (Å²) in [4.78, 5) is 0.481. The minimum Gasteiger partial charge on any atom is -0.224 e. The summed E-state index contributed by atoms with van der Waals surface area (Å²) in [5.41, 5.74) is 1.82. The van der Waals surface area contributed by atoms with Crippen LogP contribution in [-0.2, 0) is 9.84 Å². The molecule has 0 radical (unpaired) electrons. The Kier molecular flexibility index (Phi) is 5.41. The monoisotopic (exact) mass is 332 g/mol. The predicted octanol–water partition coefficient (Wildman–Crippen LogP) is 3.74. The van der Waals surface area contributed by atoms with E-state index in [0.29, 0.717) is 10.8 Å². The Labute approximate surface area is 119 Å². The Morgan fingerprint density at radius 2 is 1.83 bits per heavy atom. The molecular formula is C14H21BrO2S. The molecular weight excluding hydrogens is 312 g/mol. The summed E-state index contributed by atoms with van der Waals surface area (Å²) < 4.78 is 24.9. The summed E-state index contributed by atoms with van der Waals surface area (Å²) in [5.74, 6) is 0.708. The third-order valence-corrected chi connectivity index (χ3v) is 6.06. The van der Waals surface area contributed by atoms with Crippen molar-refractivity contribution in [2.24, 2.45) is 11.8 Å². The number of hydrogen-bond donors (Lipinski definition) is 0. The van der Waals surface area contributed by atoms with Gasteiger partial charge in [0.15, 0.2) is 9.84 Å². The van der Waals surface area contributed by atoms with Crippen LogP contribution >= 0.6 is 15.9 Å². The lowest BCUT2D eigenvalue weighted by Crippen LogP contribution is -2.22. The van der Waals surface area contributed by atoms with Crippen molar-refractivity contribution in [3.05, 3.63) is 29.3 Å². The van der Waals surface area contributed by atoms with Crippen LogP contribution in [0.2, 0.25) is 0 Å². The first-order chi connectivity index (χ1) is 8.27. The van der Waals surface area contributed by atoms with Crippen molar-refractivity contribution in [3.8, 4) is 0 Å². The molecule has 0 aliphatic heterocycles. The summed E-state index contributed by atoms with van der Waals surface area (Å²) in [6.07, 6.45) is 0. The van der Waals surface area contributed by atoms with Gasteiger partial charge in [0.05, 0.1) is 10.6 Å². The lowest BCUT2D eigenvalue weighted by Gasteiger charge is -2.19. The smallest absolute Gasteiger partial charge is 0.178 e. The first-order valence-corrected chi connectivity index (χ1v) is 8.91. The van der Waals surface area contributed by atoms with Gasteiger partial charge < -0.3 is 0 Å². The molecule has 1 rings (SSSR count). The van der Waals surface area contributed by atoms with Gasteiger partial charge in [-0.1, -0.05) is 41.9 Å². The van der Waals surface area contributed by atoms with Crippen LogP contribution in [0.4, 0.5) is 0 Å². The largest absolute Gasteiger partial charge is 0.224 e. The molecule has 0 aliphatic rings. The molecule has 0 N–H and O–H groups in total.